The molecule has 3 heteroatoms. The summed E-state index contributed by atoms with van der Waals surface area (Å²) in [6.07, 6.45) is 1.83. The van der Waals surface area contributed by atoms with Crippen LogP contribution in [-0.2, 0) is 0 Å². The highest BCUT2D eigenvalue weighted by molar-refractivity contribution is 5.53. The molecule has 0 aliphatic rings. The van der Waals surface area contributed by atoms with Gasteiger partial charge in [-0.1, -0.05) is 86.0 Å². The molecule has 0 heterocycles. The number of rotatable bonds is 2. The van der Waals surface area contributed by atoms with E-state index in [2.05, 4.69) is 13.2 Å². The maximum absolute atomic E-state index is 8.56. The highest BCUT2D eigenvalue weighted by atomic mass is 16.6. The molecule has 0 saturated carbocycles. The van der Waals surface area contributed by atoms with Crippen LogP contribution in [0.2, 0.25) is 0 Å². The lowest BCUT2D eigenvalue weighted by Gasteiger charge is -1.85. The Kier molecular flexibility index (Phi) is 9.70. The molecule has 2 aromatic rings. The Labute approximate surface area is 119 Å². The second kappa shape index (κ2) is 11.3. The molecule has 0 amide bonds. The van der Waals surface area contributed by atoms with Crippen molar-refractivity contribution in [2.75, 3.05) is 0 Å². The van der Waals surface area contributed by atoms with Crippen LogP contribution in [0.15, 0.2) is 73.8 Å². The minimum absolute atomic E-state index is 1.17. The van der Waals surface area contributed by atoms with Gasteiger partial charge in [0.2, 0.25) is 0 Å². The number of carbonyl (C=O) groups is 1. The van der Waals surface area contributed by atoms with E-state index >= 15 is 0 Å². The van der Waals surface area contributed by atoms with Crippen LogP contribution in [0.25, 0.3) is 12.2 Å². The summed E-state index contributed by atoms with van der Waals surface area (Å²) < 4.78 is 0. The van der Waals surface area contributed by atoms with Crippen LogP contribution in [0.5, 0.6) is 0 Å². The van der Waals surface area contributed by atoms with E-state index in [1.807, 2.05) is 72.8 Å². The van der Waals surface area contributed by atoms with Gasteiger partial charge in [-0.2, -0.15) is 0 Å². The predicted octanol–water partition coefficient (Wildman–Crippen LogP) is 4.88. The lowest BCUT2D eigenvalue weighted by molar-refractivity contribution is 0.137. The van der Waals surface area contributed by atoms with Crippen molar-refractivity contribution in [3.8, 4) is 0 Å². The molecule has 0 aliphatic heterocycles. The van der Waals surface area contributed by atoms with E-state index in [1.165, 1.54) is 11.1 Å². The van der Waals surface area contributed by atoms with Gasteiger partial charge in [-0.25, -0.2) is 4.79 Å². The summed E-state index contributed by atoms with van der Waals surface area (Å²) in [7, 11) is 0. The molecule has 0 unspecified atom stereocenters. The van der Waals surface area contributed by atoms with E-state index in [0.29, 0.717) is 0 Å². The first-order valence-corrected chi connectivity index (χ1v) is 5.87. The third kappa shape index (κ3) is 10.4. The van der Waals surface area contributed by atoms with Crippen LogP contribution in [-0.4, -0.2) is 16.4 Å². The van der Waals surface area contributed by atoms with E-state index in [1.54, 1.807) is 0 Å². The van der Waals surface area contributed by atoms with E-state index in [4.69, 9.17) is 15.0 Å². The second-order valence-electron chi connectivity index (χ2n) is 3.51. The Morgan fingerprint density at radius 2 is 1.00 bits per heavy atom. The molecular weight excluding hydrogens is 252 g/mol. The number of hydrogen-bond donors (Lipinski definition) is 2. The Balaban J connectivity index is 0.000000289. The van der Waals surface area contributed by atoms with Crippen LogP contribution in [0.1, 0.15) is 11.1 Å². The summed E-state index contributed by atoms with van der Waals surface area (Å²) in [5, 5.41) is 13.9. The van der Waals surface area contributed by atoms with Gasteiger partial charge < -0.3 is 10.2 Å². The molecule has 104 valence electrons. The first kappa shape index (κ1) is 17.2. The van der Waals surface area contributed by atoms with Crippen LogP contribution in [0, 0.1) is 0 Å². The Bertz CT molecular complexity index is 457. The highest BCUT2D eigenvalue weighted by Gasteiger charge is 1.76. The smallest absolute Gasteiger partial charge is 0.450 e. The summed E-state index contributed by atoms with van der Waals surface area (Å²) in [6.45, 7) is 7.26. The summed E-state index contributed by atoms with van der Waals surface area (Å²) >= 11 is 0. The topological polar surface area (TPSA) is 57.5 Å². The van der Waals surface area contributed by atoms with Gasteiger partial charge >= 0.3 is 6.16 Å². The molecule has 0 fully saturated rings. The average molecular weight is 270 g/mol. The van der Waals surface area contributed by atoms with Gasteiger partial charge in [0.25, 0.3) is 0 Å². The van der Waals surface area contributed by atoms with Crippen molar-refractivity contribution in [3.05, 3.63) is 84.9 Å². The quantitative estimate of drug-likeness (QED) is 0.817. The molecule has 20 heavy (non-hydrogen) atoms. The fourth-order valence-electron chi connectivity index (χ4n) is 1.18. The minimum Gasteiger partial charge on any atom is -0.450 e. The first-order valence-electron chi connectivity index (χ1n) is 5.87. The van der Waals surface area contributed by atoms with Gasteiger partial charge in [0.1, 0.15) is 0 Å². The number of carboxylic acid groups (broad SMARTS) is 2. The van der Waals surface area contributed by atoms with Gasteiger partial charge in [-0.15, -0.1) is 0 Å². The largest absolute Gasteiger partial charge is 0.503 e. The zero-order valence-corrected chi connectivity index (χ0v) is 11.1. The molecular formula is C17H18O3. The van der Waals surface area contributed by atoms with Crippen molar-refractivity contribution in [2.45, 2.75) is 0 Å². The maximum Gasteiger partial charge on any atom is 0.503 e. The van der Waals surface area contributed by atoms with Crippen molar-refractivity contribution < 1.29 is 15.0 Å². The molecule has 0 saturated heterocycles. The average Bonchev–Trinajstić information content (AvgIpc) is 2.49. The van der Waals surface area contributed by atoms with Gasteiger partial charge in [0.15, 0.2) is 0 Å². The third-order valence-corrected chi connectivity index (χ3v) is 2.07. The van der Waals surface area contributed by atoms with Crippen LogP contribution in [0.4, 0.5) is 4.79 Å². The standard InChI is InChI=1S/2C8H8.CH2O3/c2*1-2-8-6-4-3-5-7-8;2-1(3)4/h2*2-7H,1H2;(H2,2,3,4). The van der Waals surface area contributed by atoms with Crippen LogP contribution in [0.3, 0.4) is 0 Å². The van der Waals surface area contributed by atoms with Crippen molar-refractivity contribution in [1.82, 2.24) is 0 Å². The normalized spacial score (nSPS) is 8.00. The molecule has 0 atom stereocenters. The molecule has 0 radical (unpaired) electrons. The highest BCUT2D eigenvalue weighted by Crippen LogP contribution is 1.98. The number of hydrogen-bond acceptors (Lipinski definition) is 1. The minimum atomic E-state index is -1.83. The van der Waals surface area contributed by atoms with E-state index in [9.17, 15) is 0 Å². The van der Waals surface area contributed by atoms with E-state index in [-0.39, 0.29) is 0 Å². The SMILES string of the molecule is C=Cc1ccccc1.C=Cc1ccccc1.O=C(O)O. The maximum atomic E-state index is 8.56. The fourth-order valence-corrected chi connectivity index (χ4v) is 1.18. The molecule has 2 rings (SSSR count). The zero-order chi connectivity index (χ0) is 15.2. The van der Waals surface area contributed by atoms with Gasteiger partial charge in [0.05, 0.1) is 0 Å². The summed E-state index contributed by atoms with van der Waals surface area (Å²) in [4.78, 5) is 8.56. The van der Waals surface area contributed by atoms with Crippen LogP contribution >= 0.6 is 0 Å². The second-order valence-corrected chi connectivity index (χ2v) is 3.51. The Morgan fingerprint density at radius 3 is 1.15 bits per heavy atom. The number of benzene rings is 2. The fraction of sp³-hybridized carbons (Fsp3) is 0. The van der Waals surface area contributed by atoms with Gasteiger partial charge in [-0.3, -0.25) is 0 Å². The van der Waals surface area contributed by atoms with Gasteiger partial charge in [0, 0.05) is 0 Å². The Morgan fingerprint density at radius 1 is 0.750 bits per heavy atom. The molecule has 0 spiro atoms. The monoisotopic (exact) mass is 270 g/mol. The predicted molar refractivity (Wildman–Crippen MR) is 83.7 cm³/mol. The molecule has 3 nitrogen and oxygen atoms in total. The summed E-state index contributed by atoms with van der Waals surface area (Å²) in [5.74, 6) is 0. The lowest BCUT2D eigenvalue weighted by atomic mass is 10.2. The third-order valence-electron chi connectivity index (χ3n) is 2.07. The lowest BCUT2D eigenvalue weighted by Crippen LogP contribution is -1.81. The van der Waals surface area contributed by atoms with Crippen molar-refractivity contribution in [2.24, 2.45) is 0 Å². The molecule has 0 bridgehead atoms. The Hall–Kier alpha value is -2.81. The van der Waals surface area contributed by atoms with Gasteiger partial charge in [-0.05, 0) is 11.1 Å². The summed E-state index contributed by atoms with van der Waals surface area (Å²) in [6, 6.07) is 20.1. The summed E-state index contributed by atoms with van der Waals surface area (Å²) in [5.41, 5.74) is 2.35. The van der Waals surface area contributed by atoms with Crippen LogP contribution < -0.4 is 0 Å². The molecule has 2 aromatic carbocycles. The first-order chi connectivity index (χ1) is 9.60. The molecule has 0 aromatic heterocycles. The molecule has 0 aliphatic carbocycles. The van der Waals surface area contributed by atoms with E-state index in [0.717, 1.165) is 0 Å². The van der Waals surface area contributed by atoms with E-state index < -0.39 is 6.16 Å². The molecule has 2 N–H and O–H groups in total. The van der Waals surface area contributed by atoms with Crippen molar-refractivity contribution >= 4 is 18.3 Å². The van der Waals surface area contributed by atoms with Crippen molar-refractivity contribution in [3.63, 3.8) is 0 Å². The zero-order valence-electron chi connectivity index (χ0n) is 11.1. The van der Waals surface area contributed by atoms with Crippen molar-refractivity contribution in [1.29, 1.82) is 0 Å².